The van der Waals surface area contributed by atoms with Crippen LogP contribution in [0.25, 0.3) is 15.9 Å². The van der Waals surface area contributed by atoms with E-state index in [0.29, 0.717) is 28.4 Å². The van der Waals surface area contributed by atoms with E-state index in [-0.39, 0.29) is 12.0 Å². The van der Waals surface area contributed by atoms with E-state index >= 15 is 0 Å². The van der Waals surface area contributed by atoms with Crippen molar-refractivity contribution in [1.82, 2.24) is 34.6 Å². The topological polar surface area (TPSA) is 101 Å². The largest absolute Gasteiger partial charge is 0.473 e. The highest BCUT2D eigenvalue weighted by molar-refractivity contribution is 7.99. The Kier molecular flexibility index (Phi) is 6.74. The molecule has 36 heavy (non-hydrogen) atoms. The predicted molar refractivity (Wildman–Crippen MR) is 140 cm³/mol. The van der Waals surface area contributed by atoms with Crippen molar-refractivity contribution in [2.75, 3.05) is 44.6 Å². The first-order valence-corrected chi connectivity index (χ1v) is 14.0. The van der Waals surface area contributed by atoms with Gasteiger partial charge in [0.25, 0.3) is 0 Å². The molecule has 1 saturated carbocycles. The van der Waals surface area contributed by atoms with Crippen molar-refractivity contribution >= 4 is 50.0 Å². The average Bonchev–Trinajstić information content (AvgIpc) is 3.44. The number of carbonyl (C=O) groups is 1. The van der Waals surface area contributed by atoms with Gasteiger partial charge in [-0.1, -0.05) is 18.3 Å². The zero-order valence-corrected chi connectivity index (χ0v) is 21.7. The maximum Gasteiger partial charge on any atom is 0.240 e. The van der Waals surface area contributed by atoms with Crippen LogP contribution in [-0.2, 0) is 4.79 Å². The molecule has 188 valence electrons. The van der Waals surface area contributed by atoms with Gasteiger partial charge in [-0.2, -0.15) is 4.52 Å². The SMILES string of the molecule is CCN1CCN(CC(=O)Nc2nc3ccc(Sc4nnc5ccc(OC6CCC6)nn45)cc3s2)CC1. The molecule has 0 spiro atoms. The molecule has 2 aliphatic rings. The number of nitrogens with one attached hydrogen (secondary N) is 1. The highest BCUT2D eigenvalue weighted by atomic mass is 32.2. The van der Waals surface area contributed by atoms with Crippen LogP contribution in [0.2, 0.25) is 0 Å². The van der Waals surface area contributed by atoms with Gasteiger partial charge in [0.1, 0.15) is 6.10 Å². The van der Waals surface area contributed by atoms with E-state index in [1.54, 1.807) is 4.52 Å². The maximum atomic E-state index is 12.6. The van der Waals surface area contributed by atoms with Gasteiger partial charge in [0.15, 0.2) is 10.8 Å². The summed E-state index contributed by atoms with van der Waals surface area (Å²) in [4.78, 5) is 22.8. The van der Waals surface area contributed by atoms with Crippen LogP contribution < -0.4 is 10.1 Å². The Morgan fingerprint density at radius 1 is 1.14 bits per heavy atom. The Morgan fingerprint density at radius 3 is 2.75 bits per heavy atom. The summed E-state index contributed by atoms with van der Waals surface area (Å²) in [6.45, 7) is 7.49. The smallest absolute Gasteiger partial charge is 0.240 e. The van der Waals surface area contributed by atoms with Gasteiger partial charge in [0.05, 0.1) is 16.8 Å². The highest BCUT2D eigenvalue weighted by Crippen LogP contribution is 2.33. The summed E-state index contributed by atoms with van der Waals surface area (Å²) in [7, 11) is 0. The molecule has 1 N–H and O–H groups in total. The number of benzene rings is 1. The minimum atomic E-state index is -0.0190. The van der Waals surface area contributed by atoms with Gasteiger partial charge in [-0.3, -0.25) is 9.69 Å². The fraction of sp³-hybridized carbons (Fsp3) is 0.458. The second-order valence-electron chi connectivity index (χ2n) is 9.10. The number of hydrogen-bond acceptors (Lipinski definition) is 10. The number of aromatic nitrogens is 5. The maximum absolute atomic E-state index is 12.6. The summed E-state index contributed by atoms with van der Waals surface area (Å²) >= 11 is 2.97. The van der Waals surface area contributed by atoms with Crippen LogP contribution in [0.1, 0.15) is 26.2 Å². The summed E-state index contributed by atoms with van der Waals surface area (Å²) < 4.78 is 8.67. The summed E-state index contributed by atoms with van der Waals surface area (Å²) in [5.41, 5.74) is 1.54. The second-order valence-corrected chi connectivity index (χ2v) is 11.2. The summed E-state index contributed by atoms with van der Waals surface area (Å²) in [5.74, 6) is 0.578. The zero-order valence-electron chi connectivity index (χ0n) is 20.1. The van der Waals surface area contributed by atoms with Crippen LogP contribution in [0.4, 0.5) is 5.13 Å². The standard InChI is InChI=1S/C24H28N8O2S2/c1-2-30-10-12-31(13-11-30)15-21(33)26-23-25-18-7-6-17(14-19(18)36-23)35-24-28-27-20-8-9-22(29-32(20)24)34-16-4-3-5-16/h6-9,14,16H,2-5,10-13,15H2,1H3,(H,25,26,33). The van der Waals surface area contributed by atoms with Gasteiger partial charge >= 0.3 is 0 Å². The van der Waals surface area contributed by atoms with Crippen LogP contribution in [0.5, 0.6) is 5.88 Å². The van der Waals surface area contributed by atoms with E-state index in [4.69, 9.17) is 4.74 Å². The fourth-order valence-electron chi connectivity index (χ4n) is 4.29. The molecule has 0 bridgehead atoms. The van der Waals surface area contributed by atoms with Gasteiger partial charge in [0.2, 0.25) is 16.9 Å². The van der Waals surface area contributed by atoms with Gasteiger partial charge in [-0.15, -0.1) is 15.3 Å². The molecule has 6 rings (SSSR count). The minimum Gasteiger partial charge on any atom is -0.473 e. The number of likely N-dealkylation sites (N-methyl/N-ethyl adjacent to an activating group) is 1. The van der Waals surface area contributed by atoms with E-state index in [0.717, 1.165) is 60.7 Å². The van der Waals surface area contributed by atoms with Crippen LogP contribution in [0.3, 0.4) is 0 Å². The lowest BCUT2D eigenvalue weighted by Crippen LogP contribution is -2.48. The third kappa shape index (κ3) is 5.17. The molecule has 1 amide bonds. The molecule has 1 aromatic carbocycles. The summed E-state index contributed by atoms with van der Waals surface area (Å²) in [6, 6.07) is 9.76. The molecule has 1 saturated heterocycles. The highest BCUT2D eigenvalue weighted by Gasteiger charge is 2.21. The number of anilines is 1. The quantitative estimate of drug-likeness (QED) is 0.372. The molecule has 1 aliphatic carbocycles. The summed E-state index contributed by atoms with van der Waals surface area (Å²) in [6.07, 6.45) is 3.63. The van der Waals surface area contributed by atoms with E-state index in [9.17, 15) is 4.79 Å². The number of nitrogens with zero attached hydrogens (tertiary/aromatic N) is 7. The monoisotopic (exact) mass is 524 g/mol. The molecule has 0 atom stereocenters. The van der Waals surface area contributed by atoms with Crippen molar-refractivity contribution in [1.29, 1.82) is 0 Å². The van der Waals surface area contributed by atoms with Crippen LogP contribution in [0, 0.1) is 0 Å². The Labute approximate surface area is 217 Å². The Hall–Kier alpha value is -2.80. The second kappa shape index (κ2) is 10.3. The number of amides is 1. The lowest BCUT2D eigenvalue weighted by Gasteiger charge is -2.33. The van der Waals surface area contributed by atoms with Crippen molar-refractivity contribution in [3.63, 3.8) is 0 Å². The predicted octanol–water partition coefficient (Wildman–Crippen LogP) is 3.39. The summed E-state index contributed by atoms with van der Waals surface area (Å²) in [5, 5.41) is 17.4. The Bertz CT molecular complexity index is 1380. The lowest BCUT2D eigenvalue weighted by molar-refractivity contribution is -0.117. The molecule has 4 heterocycles. The molecule has 10 nitrogen and oxygen atoms in total. The number of piperazine rings is 1. The number of ether oxygens (including phenoxy) is 1. The van der Waals surface area contributed by atoms with Crippen LogP contribution >= 0.6 is 23.1 Å². The number of rotatable bonds is 8. The molecule has 0 unspecified atom stereocenters. The van der Waals surface area contributed by atoms with Crippen molar-refractivity contribution < 1.29 is 9.53 Å². The molecule has 2 fully saturated rings. The van der Waals surface area contributed by atoms with E-state index in [1.807, 2.05) is 24.3 Å². The van der Waals surface area contributed by atoms with E-state index < -0.39 is 0 Å². The molecule has 1 aliphatic heterocycles. The first-order chi connectivity index (χ1) is 17.6. The van der Waals surface area contributed by atoms with Gasteiger partial charge in [-0.05, 0) is 61.8 Å². The van der Waals surface area contributed by atoms with Crippen LogP contribution in [0.15, 0.2) is 40.4 Å². The first-order valence-electron chi connectivity index (χ1n) is 12.3. The van der Waals surface area contributed by atoms with Gasteiger partial charge in [-0.25, -0.2) is 4.98 Å². The molecule has 3 aromatic heterocycles. The fourth-order valence-corrected chi connectivity index (χ4v) is 6.11. The Balaban J connectivity index is 1.12. The number of carbonyl (C=O) groups excluding carboxylic acids is 1. The lowest BCUT2D eigenvalue weighted by atomic mass is 9.96. The zero-order chi connectivity index (χ0) is 24.5. The van der Waals surface area contributed by atoms with Gasteiger partial charge < -0.3 is 15.0 Å². The van der Waals surface area contributed by atoms with Gasteiger partial charge in [0, 0.05) is 37.1 Å². The molecule has 12 heteroatoms. The Morgan fingerprint density at radius 2 is 1.97 bits per heavy atom. The third-order valence-corrected chi connectivity index (χ3v) is 8.50. The molecular weight excluding hydrogens is 496 g/mol. The third-order valence-electron chi connectivity index (χ3n) is 6.64. The minimum absolute atomic E-state index is 0.0190. The number of thiazole rings is 1. The number of fused-ring (bicyclic) bond motifs is 2. The average molecular weight is 525 g/mol. The number of hydrogen-bond donors (Lipinski definition) is 1. The van der Waals surface area contributed by atoms with Crippen LogP contribution in [-0.4, -0.2) is 85.9 Å². The molecule has 4 aromatic rings. The molecule has 0 radical (unpaired) electrons. The van der Waals surface area contributed by atoms with E-state index in [1.165, 1.54) is 29.5 Å². The van der Waals surface area contributed by atoms with E-state index in [2.05, 4.69) is 48.4 Å². The first kappa shape index (κ1) is 23.6. The van der Waals surface area contributed by atoms with Crippen molar-refractivity contribution in [3.05, 3.63) is 30.3 Å². The van der Waals surface area contributed by atoms with Crippen molar-refractivity contribution in [3.8, 4) is 5.88 Å². The van der Waals surface area contributed by atoms with Crippen molar-refractivity contribution in [2.45, 2.75) is 42.3 Å². The normalized spacial score (nSPS) is 17.5. The molecular formula is C24H28N8O2S2. The van der Waals surface area contributed by atoms with Crippen molar-refractivity contribution in [2.24, 2.45) is 0 Å².